The first kappa shape index (κ1) is 25.5. The third kappa shape index (κ3) is 6.77. The van der Waals surface area contributed by atoms with Crippen molar-refractivity contribution in [2.45, 2.75) is 13.3 Å². The lowest BCUT2D eigenvalue weighted by Gasteiger charge is -2.17. The first-order chi connectivity index (χ1) is 18.0. The number of carbonyl (C=O) groups is 1. The van der Waals surface area contributed by atoms with E-state index in [1.165, 1.54) is 23.5 Å². The number of carbonyl (C=O) groups excluding carboxylic acids is 1. The highest BCUT2D eigenvalue weighted by atomic mass is 19.1. The lowest BCUT2D eigenvalue weighted by molar-refractivity contribution is -0.0614. The number of amides is 2. The normalized spacial score (nSPS) is 12.4. The van der Waals surface area contributed by atoms with Crippen LogP contribution in [0.4, 0.5) is 32.2 Å². The zero-order chi connectivity index (χ0) is 26.0. The Morgan fingerprint density at radius 2 is 1.76 bits per heavy atom. The summed E-state index contributed by atoms with van der Waals surface area (Å²) in [6, 6.07) is 19.9. The molecular weight excluding hydrogens is 473 g/mol. The number of aromatic nitrogens is 3. The van der Waals surface area contributed by atoms with Gasteiger partial charge in [-0.3, -0.25) is 4.84 Å². The third-order valence-electron chi connectivity index (χ3n) is 5.46. The van der Waals surface area contributed by atoms with Crippen LogP contribution in [-0.4, -0.2) is 46.2 Å². The van der Waals surface area contributed by atoms with E-state index in [1.54, 1.807) is 32.3 Å². The number of benzene rings is 2. The van der Waals surface area contributed by atoms with Crippen molar-refractivity contribution in [1.29, 1.82) is 0 Å². The average molecular weight is 502 g/mol. The molecule has 3 heterocycles. The third-order valence-corrected chi connectivity index (χ3v) is 5.46. The minimum Gasteiger partial charge on any atom is -0.373 e. The highest BCUT2D eigenvalue weighted by molar-refractivity contribution is 5.90. The molecule has 2 aromatic carbocycles. The standard InChI is InChI=1S/C21H22FN7O2.C6H6/c1-13-9-15(22)18(28-21(30)29-7-4-8-31-29)10-16(13)27-20-14(5-3-6-24-20)17-11-19(23-2)26-12-25-17;1-2-4-6-5-3-1/h3,5-6,9-12H,4,7-8H2,1-2H3,(H,24,27)(H,28,30)(H,23,25,26);1-6H. The number of hydrogen-bond acceptors (Lipinski definition) is 7. The lowest BCUT2D eigenvalue weighted by Crippen LogP contribution is -2.31. The molecule has 0 saturated carbocycles. The molecule has 10 heteroatoms. The monoisotopic (exact) mass is 501 g/mol. The number of hydrogen-bond donors (Lipinski definition) is 3. The van der Waals surface area contributed by atoms with Gasteiger partial charge in [0, 0.05) is 30.6 Å². The van der Waals surface area contributed by atoms with Crippen LogP contribution >= 0.6 is 0 Å². The number of pyridine rings is 1. The molecule has 9 nitrogen and oxygen atoms in total. The Kier molecular flexibility index (Phi) is 8.56. The molecule has 190 valence electrons. The second kappa shape index (κ2) is 12.4. The number of urea groups is 1. The summed E-state index contributed by atoms with van der Waals surface area (Å²) in [6.45, 7) is 2.71. The SMILES string of the molecule is CNc1cc(-c2cccnc2Nc2cc(NC(=O)N3CCCO3)c(F)cc2C)ncn1.c1ccccc1. The smallest absolute Gasteiger partial charge is 0.345 e. The number of anilines is 4. The lowest BCUT2D eigenvalue weighted by atomic mass is 10.1. The van der Waals surface area contributed by atoms with Gasteiger partial charge < -0.3 is 16.0 Å². The van der Waals surface area contributed by atoms with E-state index in [4.69, 9.17) is 4.84 Å². The van der Waals surface area contributed by atoms with Gasteiger partial charge in [-0.15, -0.1) is 0 Å². The Balaban J connectivity index is 0.000000469. The van der Waals surface area contributed by atoms with E-state index in [0.29, 0.717) is 41.7 Å². The van der Waals surface area contributed by atoms with E-state index in [0.717, 1.165) is 12.0 Å². The number of nitrogens with zero attached hydrogens (tertiary/aromatic N) is 4. The van der Waals surface area contributed by atoms with E-state index in [9.17, 15) is 9.18 Å². The Bertz CT molecular complexity index is 1300. The van der Waals surface area contributed by atoms with Gasteiger partial charge in [-0.05, 0) is 43.2 Å². The molecule has 0 aliphatic carbocycles. The molecule has 0 atom stereocenters. The highest BCUT2D eigenvalue weighted by Gasteiger charge is 2.21. The van der Waals surface area contributed by atoms with Gasteiger partial charge in [0.25, 0.3) is 0 Å². The average Bonchev–Trinajstić information content (AvgIpc) is 3.48. The van der Waals surface area contributed by atoms with Gasteiger partial charge in [0.05, 0.1) is 24.5 Å². The molecule has 1 aliphatic heterocycles. The van der Waals surface area contributed by atoms with Crippen molar-refractivity contribution in [3.8, 4) is 11.3 Å². The molecule has 5 rings (SSSR count). The maximum absolute atomic E-state index is 14.5. The number of rotatable bonds is 5. The fourth-order valence-electron chi connectivity index (χ4n) is 3.55. The first-order valence-corrected chi connectivity index (χ1v) is 11.8. The van der Waals surface area contributed by atoms with Crippen LogP contribution in [0, 0.1) is 12.7 Å². The summed E-state index contributed by atoms with van der Waals surface area (Å²) in [5.41, 5.74) is 2.73. The molecule has 0 radical (unpaired) electrons. The molecule has 1 saturated heterocycles. The van der Waals surface area contributed by atoms with Gasteiger partial charge in [-0.1, -0.05) is 36.4 Å². The summed E-state index contributed by atoms with van der Waals surface area (Å²) >= 11 is 0. The molecule has 37 heavy (non-hydrogen) atoms. The number of nitrogens with one attached hydrogen (secondary N) is 3. The van der Waals surface area contributed by atoms with E-state index in [1.807, 2.05) is 42.5 Å². The van der Waals surface area contributed by atoms with Crippen molar-refractivity contribution in [3.63, 3.8) is 0 Å². The van der Waals surface area contributed by atoms with Crippen LogP contribution < -0.4 is 16.0 Å². The molecule has 2 amide bonds. The molecule has 0 bridgehead atoms. The van der Waals surface area contributed by atoms with E-state index in [2.05, 4.69) is 30.9 Å². The second-order valence-corrected chi connectivity index (χ2v) is 8.08. The molecule has 4 aromatic rings. The van der Waals surface area contributed by atoms with Crippen molar-refractivity contribution in [2.75, 3.05) is 36.1 Å². The Labute approximate surface area is 214 Å². The predicted octanol–water partition coefficient (Wildman–Crippen LogP) is 5.63. The van der Waals surface area contributed by atoms with Crippen molar-refractivity contribution in [3.05, 3.63) is 90.6 Å². The summed E-state index contributed by atoms with van der Waals surface area (Å²) in [4.78, 5) is 30.4. The van der Waals surface area contributed by atoms with Gasteiger partial charge in [-0.2, -0.15) is 0 Å². The zero-order valence-electron chi connectivity index (χ0n) is 20.6. The van der Waals surface area contributed by atoms with E-state index < -0.39 is 11.8 Å². The summed E-state index contributed by atoms with van der Waals surface area (Å²) in [6.07, 6.45) is 3.87. The fraction of sp³-hybridized carbons (Fsp3) is 0.185. The zero-order valence-corrected chi connectivity index (χ0v) is 20.6. The van der Waals surface area contributed by atoms with E-state index in [-0.39, 0.29) is 5.69 Å². The molecule has 0 unspecified atom stereocenters. The molecule has 0 spiro atoms. The molecular formula is C27H28FN7O2. The minimum absolute atomic E-state index is 0.0468. The predicted molar refractivity (Wildman–Crippen MR) is 142 cm³/mol. The van der Waals surface area contributed by atoms with Crippen molar-refractivity contribution in [1.82, 2.24) is 20.0 Å². The van der Waals surface area contributed by atoms with Crippen molar-refractivity contribution >= 4 is 29.0 Å². The second-order valence-electron chi connectivity index (χ2n) is 8.08. The maximum atomic E-state index is 14.5. The Morgan fingerprint density at radius 1 is 1.00 bits per heavy atom. The number of aryl methyl sites for hydroxylation is 1. The van der Waals surface area contributed by atoms with Crippen LogP contribution in [0.1, 0.15) is 12.0 Å². The summed E-state index contributed by atoms with van der Waals surface area (Å²) in [7, 11) is 1.78. The minimum atomic E-state index is -0.536. The summed E-state index contributed by atoms with van der Waals surface area (Å²) in [5.74, 6) is 0.677. The Hall–Kier alpha value is -4.57. The number of halogens is 1. The molecule has 1 fully saturated rings. The van der Waals surface area contributed by atoms with Crippen LogP contribution in [0.15, 0.2) is 79.3 Å². The molecule has 3 N–H and O–H groups in total. The summed E-state index contributed by atoms with van der Waals surface area (Å²) < 4.78 is 14.5. The summed E-state index contributed by atoms with van der Waals surface area (Å²) in [5, 5.41) is 9.97. The quantitative estimate of drug-likeness (QED) is 0.326. The highest BCUT2D eigenvalue weighted by Crippen LogP contribution is 2.31. The van der Waals surface area contributed by atoms with Crippen LogP contribution in [0.2, 0.25) is 0 Å². The van der Waals surface area contributed by atoms with Crippen LogP contribution in [0.25, 0.3) is 11.3 Å². The van der Waals surface area contributed by atoms with Gasteiger partial charge in [0.2, 0.25) is 0 Å². The number of hydroxylamine groups is 2. The van der Waals surface area contributed by atoms with Gasteiger partial charge in [-0.25, -0.2) is 29.2 Å². The topological polar surface area (TPSA) is 104 Å². The van der Waals surface area contributed by atoms with Gasteiger partial charge in [0.1, 0.15) is 23.8 Å². The fourth-order valence-corrected chi connectivity index (χ4v) is 3.55. The van der Waals surface area contributed by atoms with Crippen LogP contribution in [0.5, 0.6) is 0 Å². The molecule has 1 aliphatic rings. The van der Waals surface area contributed by atoms with E-state index >= 15 is 0 Å². The maximum Gasteiger partial charge on any atom is 0.345 e. The first-order valence-electron chi connectivity index (χ1n) is 11.8. The molecule has 2 aromatic heterocycles. The van der Waals surface area contributed by atoms with Crippen LogP contribution in [0.3, 0.4) is 0 Å². The van der Waals surface area contributed by atoms with Gasteiger partial charge in [0.15, 0.2) is 0 Å². The van der Waals surface area contributed by atoms with Crippen molar-refractivity contribution in [2.24, 2.45) is 0 Å². The van der Waals surface area contributed by atoms with Gasteiger partial charge >= 0.3 is 6.03 Å². The van der Waals surface area contributed by atoms with Crippen molar-refractivity contribution < 1.29 is 14.0 Å². The van der Waals surface area contributed by atoms with Crippen LogP contribution in [-0.2, 0) is 4.84 Å². The Morgan fingerprint density at radius 3 is 2.43 bits per heavy atom. The largest absolute Gasteiger partial charge is 0.373 e.